The van der Waals surface area contributed by atoms with Gasteiger partial charge in [0.2, 0.25) is 0 Å². The van der Waals surface area contributed by atoms with Crippen LogP contribution in [-0.4, -0.2) is 78.8 Å². The van der Waals surface area contributed by atoms with Crippen molar-refractivity contribution >= 4 is 6.09 Å². The van der Waals surface area contributed by atoms with E-state index in [0.717, 1.165) is 32.5 Å². The van der Waals surface area contributed by atoms with Crippen molar-refractivity contribution < 1.29 is 9.53 Å². The molecule has 24 heavy (non-hydrogen) atoms. The summed E-state index contributed by atoms with van der Waals surface area (Å²) in [4.78, 5) is 19.2. The van der Waals surface area contributed by atoms with E-state index in [9.17, 15) is 4.79 Å². The lowest BCUT2D eigenvalue weighted by Gasteiger charge is -2.40. The molecule has 0 aromatic rings. The van der Waals surface area contributed by atoms with Crippen molar-refractivity contribution in [2.75, 3.05) is 39.8 Å². The van der Waals surface area contributed by atoms with Gasteiger partial charge in [0.1, 0.15) is 0 Å². The first kappa shape index (κ1) is 19.5. The standard InChI is InChI=1S/C19H37N3O2/c1-5-20(4)12-8-6-7-9-13-21-14-17-10-11-18(15-21)22(17)19(23)24-16(2)3/h16-18H,5-15H2,1-4H3. The zero-order chi connectivity index (χ0) is 17.5. The number of likely N-dealkylation sites (tertiary alicyclic amines) is 1. The van der Waals surface area contributed by atoms with E-state index < -0.39 is 0 Å². The number of rotatable bonds is 9. The highest BCUT2D eigenvalue weighted by atomic mass is 16.6. The van der Waals surface area contributed by atoms with Crippen LogP contribution in [0.5, 0.6) is 0 Å². The lowest BCUT2D eigenvalue weighted by molar-refractivity contribution is 0.0277. The average molecular weight is 340 g/mol. The van der Waals surface area contributed by atoms with E-state index in [1.807, 2.05) is 18.7 Å². The second-order valence-electron chi connectivity index (χ2n) is 7.79. The number of nitrogens with zero attached hydrogens (tertiary/aromatic N) is 3. The van der Waals surface area contributed by atoms with E-state index in [0.29, 0.717) is 12.1 Å². The van der Waals surface area contributed by atoms with Crippen LogP contribution in [0.1, 0.15) is 59.3 Å². The minimum atomic E-state index is -0.0998. The molecule has 2 aliphatic heterocycles. The van der Waals surface area contributed by atoms with Gasteiger partial charge in [0.25, 0.3) is 0 Å². The summed E-state index contributed by atoms with van der Waals surface area (Å²) in [6.07, 6.45) is 7.39. The van der Waals surface area contributed by atoms with Crippen LogP contribution < -0.4 is 0 Å². The molecular formula is C19H37N3O2. The van der Waals surface area contributed by atoms with Crippen molar-refractivity contribution in [1.82, 2.24) is 14.7 Å². The van der Waals surface area contributed by atoms with Crippen LogP contribution in [0.4, 0.5) is 4.79 Å². The molecule has 2 saturated heterocycles. The molecule has 0 aromatic carbocycles. The van der Waals surface area contributed by atoms with Crippen LogP contribution in [0, 0.1) is 0 Å². The number of carbonyl (C=O) groups is 1. The third-order valence-electron chi connectivity index (χ3n) is 5.41. The van der Waals surface area contributed by atoms with Gasteiger partial charge >= 0.3 is 6.09 Å². The number of ether oxygens (including phenoxy) is 1. The summed E-state index contributed by atoms with van der Waals surface area (Å²) in [6.45, 7) is 11.7. The third kappa shape index (κ3) is 5.62. The van der Waals surface area contributed by atoms with Gasteiger partial charge in [0.15, 0.2) is 0 Å². The van der Waals surface area contributed by atoms with Gasteiger partial charge in [-0.15, -0.1) is 0 Å². The van der Waals surface area contributed by atoms with Crippen molar-refractivity contribution in [2.45, 2.75) is 77.5 Å². The Morgan fingerprint density at radius 2 is 1.75 bits per heavy atom. The minimum Gasteiger partial charge on any atom is -0.447 e. The van der Waals surface area contributed by atoms with E-state index in [1.54, 1.807) is 0 Å². The SMILES string of the molecule is CCN(C)CCCCCCN1CC2CCC(C1)N2C(=O)OC(C)C. The zero-order valence-corrected chi connectivity index (χ0v) is 16.2. The molecule has 2 heterocycles. The summed E-state index contributed by atoms with van der Waals surface area (Å²) in [7, 11) is 2.19. The zero-order valence-electron chi connectivity index (χ0n) is 16.2. The Labute approximate surface area is 148 Å². The Balaban J connectivity index is 1.64. The van der Waals surface area contributed by atoms with Crippen molar-refractivity contribution in [3.63, 3.8) is 0 Å². The van der Waals surface area contributed by atoms with Gasteiger partial charge < -0.3 is 9.64 Å². The predicted octanol–water partition coefficient (Wildman–Crippen LogP) is 3.19. The highest BCUT2D eigenvalue weighted by molar-refractivity contribution is 5.69. The van der Waals surface area contributed by atoms with Gasteiger partial charge in [-0.3, -0.25) is 9.80 Å². The molecule has 0 N–H and O–H groups in total. The van der Waals surface area contributed by atoms with Crippen LogP contribution in [0.15, 0.2) is 0 Å². The van der Waals surface area contributed by atoms with E-state index in [2.05, 4.69) is 23.8 Å². The van der Waals surface area contributed by atoms with Gasteiger partial charge in [-0.2, -0.15) is 0 Å². The van der Waals surface area contributed by atoms with Gasteiger partial charge in [0.05, 0.1) is 6.10 Å². The topological polar surface area (TPSA) is 36.0 Å². The molecule has 2 bridgehead atoms. The molecule has 0 aliphatic carbocycles. The predicted molar refractivity (Wildman–Crippen MR) is 98.3 cm³/mol. The van der Waals surface area contributed by atoms with Crippen LogP contribution in [0.3, 0.4) is 0 Å². The molecular weight excluding hydrogens is 302 g/mol. The first-order valence-electron chi connectivity index (χ1n) is 9.91. The number of hydrogen-bond acceptors (Lipinski definition) is 4. The second-order valence-corrected chi connectivity index (χ2v) is 7.79. The summed E-state index contributed by atoms with van der Waals surface area (Å²) in [5.74, 6) is 0. The van der Waals surface area contributed by atoms with Gasteiger partial charge in [-0.05, 0) is 66.2 Å². The molecule has 2 atom stereocenters. The highest BCUT2D eigenvalue weighted by Gasteiger charge is 2.43. The molecule has 5 heteroatoms. The van der Waals surface area contributed by atoms with E-state index in [-0.39, 0.29) is 12.2 Å². The highest BCUT2D eigenvalue weighted by Crippen LogP contribution is 2.31. The lowest BCUT2D eigenvalue weighted by Crippen LogP contribution is -2.56. The number of piperazine rings is 1. The maximum atomic E-state index is 12.3. The van der Waals surface area contributed by atoms with Crippen LogP contribution >= 0.6 is 0 Å². The fraction of sp³-hybridized carbons (Fsp3) is 0.947. The number of carbonyl (C=O) groups excluding carboxylic acids is 1. The van der Waals surface area contributed by atoms with Gasteiger partial charge in [-0.25, -0.2) is 4.79 Å². The molecule has 2 fully saturated rings. The van der Waals surface area contributed by atoms with Crippen LogP contribution in [-0.2, 0) is 4.74 Å². The molecule has 5 nitrogen and oxygen atoms in total. The van der Waals surface area contributed by atoms with Crippen LogP contribution in [0.25, 0.3) is 0 Å². The Morgan fingerprint density at radius 3 is 2.33 bits per heavy atom. The normalized spacial score (nSPS) is 24.2. The molecule has 2 rings (SSSR count). The quantitative estimate of drug-likeness (QED) is 0.605. The molecule has 0 saturated carbocycles. The largest absolute Gasteiger partial charge is 0.447 e. The molecule has 140 valence electrons. The molecule has 0 aromatic heterocycles. The maximum absolute atomic E-state index is 12.3. The van der Waals surface area contributed by atoms with Gasteiger partial charge in [-0.1, -0.05) is 19.8 Å². The second kappa shape index (κ2) is 9.62. The fourth-order valence-electron chi connectivity index (χ4n) is 3.96. The lowest BCUT2D eigenvalue weighted by atomic mass is 10.1. The number of fused-ring (bicyclic) bond motifs is 2. The monoisotopic (exact) mass is 339 g/mol. The molecule has 1 amide bonds. The summed E-state index contributed by atoms with van der Waals surface area (Å²) >= 11 is 0. The summed E-state index contributed by atoms with van der Waals surface area (Å²) in [6, 6.07) is 0.737. The maximum Gasteiger partial charge on any atom is 0.410 e. The molecule has 0 radical (unpaired) electrons. The first-order valence-corrected chi connectivity index (χ1v) is 9.91. The Morgan fingerprint density at radius 1 is 1.12 bits per heavy atom. The number of amides is 1. The molecule has 2 aliphatic rings. The smallest absolute Gasteiger partial charge is 0.410 e. The minimum absolute atomic E-state index is 0.0262. The molecule has 2 unspecified atom stereocenters. The number of unbranched alkanes of at least 4 members (excludes halogenated alkanes) is 3. The first-order chi connectivity index (χ1) is 11.5. The van der Waals surface area contributed by atoms with Crippen molar-refractivity contribution in [2.24, 2.45) is 0 Å². The van der Waals surface area contributed by atoms with E-state index in [1.165, 1.54) is 38.8 Å². The fourth-order valence-corrected chi connectivity index (χ4v) is 3.96. The molecule has 0 spiro atoms. The van der Waals surface area contributed by atoms with Crippen molar-refractivity contribution in [3.8, 4) is 0 Å². The Kier molecular flexibility index (Phi) is 7.82. The Bertz CT molecular complexity index is 375. The van der Waals surface area contributed by atoms with Gasteiger partial charge in [0, 0.05) is 25.2 Å². The summed E-state index contributed by atoms with van der Waals surface area (Å²) < 4.78 is 5.42. The summed E-state index contributed by atoms with van der Waals surface area (Å²) in [5.41, 5.74) is 0. The average Bonchev–Trinajstić information content (AvgIpc) is 2.81. The number of hydrogen-bond donors (Lipinski definition) is 0. The van der Waals surface area contributed by atoms with E-state index in [4.69, 9.17) is 4.74 Å². The van der Waals surface area contributed by atoms with Crippen molar-refractivity contribution in [3.05, 3.63) is 0 Å². The van der Waals surface area contributed by atoms with Crippen LogP contribution in [0.2, 0.25) is 0 Å². The third-order valence-corrected chi connectivity index (χ3v) is 5.41. The Hall–Kier alpha value is -0.810. The van der Waals surface area contributed by atoms with Crippen molar-refractivity contribution in [1.29, 1.82) is 0 Å². The van der Waals surface area contributed by atoms with E-state index >= 15 is 0 Å². The summed E-state index contributed by atoms with van der Waals surface area (Å²) in [5, 5.41) is 0.